The van der Waals surface area contributed by atoms with E-state index in [0.717, 1.165) is 23.6 Å². The van der Waals surface area contributed by atoms with Crippen molar-refractivity contribution in [1.82, 2.24) is 0 Å². The summed E-state index contributed by atoms with van der Waals surface area (Å²) in [6, 6.07) is 11.4. The Hall–Kier alpha value is -3.13. The highest BCUT2D eigenvalue weighted by Crippen LogP contribution is 2.17. The second-order valence-corrected chi connectivity index (χ2v) is 6.30. The molecular formula is C16H11NO6S-2. The highest BCUT2D eigenvalue weighted by Gasteiger charge is 2.09. The van der Waals surface area contributed by atoms with E-state index >= 15 is 0 Å². The molecule has 2 aromatic carbocycles. The molecule has 0 fully saturated rings. The van der Waals surface area contributed by atoms with E-state index in [4.69, 9.17) is 0 Å². The van der Waals surface area contributed by atoms with Gasteiger partial charge in [0, 0.05) is 0 Å². The molecule has 0 saturated heterocycles. The molecule has 0 unspecified atom stereocenters. The lowest BCUT2D eigenvalue weighted by atomic mass is 10.1. The summed E-state index contributed by atoms with van der Waals surface area (Å²) in [5, 5.41) is 22.7. The first kappa shape index (κ1) is 17.2. The molecule has 124 valence electrons. The van der Waals surface area contributed by atoms with Crippen molar-refractivity contribution in [2.75, 3.05) is 4.72 Å². The fourth-order valence-corrected chi connectivity index (χ4v) is 2.70. The van der Waals surface area contributed by atoms with Gasteiger partial charge in [0.1, 0.15) is 0 Å². The summed E-state index contributed by atoms with van der Waals surface area (Å²) in [5.74, 6) is -3.28. The molecule has 0 atom stereocenters. The number of nitrogens with one attached hydrogen (secondary N) is 1. The minimum absolute atomic E-state index is 0.228. The van der Waals surface area contributed by atoms with Gasteiger partial charge >= 0.3 is 0 Å². The third kappa shape index (κ3) is 4.68. The maximum absolute atomic E-state index is 12.0. The molecule has 1 N–H and O–H groups in total. The predicted molar refractivity (Wildman–Crippen MR) is 83.1 cm³/mol. The van der Waals surface area contributed by atoms with Gasteiger partial charge in [0.15, 0.2) is 0 Å². The molecule has 2 rings (SSSR count). The Morgan fingerprint density at radius 3 is 1.96 bits per heavy atom. The van der Waals surface area contributed by atoms with Gasteiger partial charge in [-0.3, -0.25) is 4.72 Å². The first-order valence-electron chi connectivity index (χ1n) is 6.60. The van der Waals surface area contributed by atoms with E-state index < -0.39 is 33.1 Å². The summed E-state index contributed by atoms with van der Waals surface area (Å²) in [4.78, 5) is 21.8. The normalized spacial score (nSPS) is 11.3. The topological polar surface area (TPSA) is 126 Å². The Kier molecular flexibility index (Phi) is 5.00. The van der Waals surface area contributed by atoms with Crippen LogP contribution >= 0.6 is 0 Å². The molecule has 7 nitrogen and oxygen atoms in total. The SMILES string of the molecule is O=C([O-])c1cc(NS(=O)(=O)/C=C/c2ccccc2)cc(C(=O)[O-])c1. The molecule has 0 aliphatic heterocycles. The van der Waals surface area contributed by atoms with Gasteiger partial charge in [0.25, 0.3) is 10.0 Å². The monoisotopic (exact) mass is 345 g/mol. The van der Waals surface area contributed by atoms with Crippen LogP contribution in [-0.4, -0.2) is 20.4 Å². The molecular weight excluding hydrogens is 334 g/mol. The van der Waals surface area contributed by atoms with Gasteiger partial charge in [0.2, 0.25) is 0 Å². The fraction of sp³-hybridized carbons (Fsp3) is 0. The van der Waals surface area contributed by atoms with Crippen LogP contribution in [0.2, 0.25) is 0 Å². The summed E-state index contributed by atoms with van der Waals surface area (Å²) in [7, 11) is -3.97. The van der Waals surface area contributed by atoms with Crippen molar-refractivity contribution in [3.63, 3.8) is 0 Å². The zero-order valence-corrected chi connectivity index (χ0v) is 12.9. The van der Waals surface area contributed by atoms with Gasteiger partial charge in [-0.1, -0.05) is 30.3 Å². The predicted octanol–water partition coefficient (Wildman–Crippen LogP) is -0.174. The highest BCUT2D eigenvalue weighted by molar-refractivity contribution is 7.95. The summed E-state index contributed by atoms with van der Waals surface area (Å²) < 4.78 is 26.1. The lowest BCUT2D eigenvalue weighted by Crippen LogP contribution is -2.26. The molecule has 8 heteroatoms. The van der Waals surface area contributed by atoms with Crippen LogP contribution in [0, 0.1) is 0 Å². The summed E-state index contributed by atoms with van der Waals surface area (Å²) >= 11 is 0. The number of hydrogen-bond donors (Lipinski definition) is 1. The molecule has 24 heavy (non-hydrogen) atoms. The van der Waals surface area contributed by atoms with Gasteiger partial charge in [0.05, 0.1) is 23.0 Å². The van der Waals surface area contributed by atoms with Crippen LogP contribution < -0.4 is 14.9 Å². The average molecular weight is 345 g/mol. The smallest absolute Gasteiger partial charge is 0.255 e. The molecule has 0 bridgehead atoms. The van der Waals surface area contributed by atoms with E-state index in [0.29, 0.717) is 5.56 Å². The van der Waals surface area contributed by atoms with Gasteiger partial charge in [-0.05, 0) is 41.0 Å². The van der Waals surface area contributed by atoms with E-state index in [2.05, 4.69) is 4.72 Å². The summed E-state index contributed by atoms with van der Waals surface area (Å²) in [6.45, 7) is 0. The largest absolute Gasteiger partial charge is 0.545 e. The standard InChI is InChI=1S/C16H13NO6S/c18-15(19)12-8-13(16(20)21)10-14(9-12)17-24(22,23)7-6-11-4-2-1-3-5-11/h1-10,17H,(H,18,19)(H,20,21)/p-2/b7-6+. The number of hydrogen-bond acceptors (Lipinski definition) is 6. The van der Waals surface area contributed by atoms with Crippen molar-refractivity contribution >= 4 is 33.7 Å². The van der Waals surface area contributed by atoms with Crippen LogP contribution in [0.5, 0.6) is 0 Å². The van der Waals surface area contributed by atoms with Crippen LogP contribution in [0.3, 0.4) is 0 Å². The van der Waals surface area contributed by atoms with E-state index in [9.17, 15) is 28.2 Å². The van der Waals surface area contributed by atoms with Crippen molar-refractivity contribution in [2.24, 2.45) is 0 Å². The minimum Gasteiger partial charge on any atom is -0.545 e. The number of benzene rings is 2. The molecule has 0 saturated carbocycles. The molecule has 0 aliphatic rings. The van der Waals surface area contributed by atoms with Crippen molar-refractivity contribution in [2.45, 2.75) is 0 Å². The third-order valence-electron chi connectivity index (χ3n) is 2.90. The minimum atomic E-state index is -3.97. The average Bonchev–Trinajstić information content (AvgIpc) is 2.53. The number of carbonyl (C=O) groups excluding carboxylic acids is 2. The fourth-order valence-electron chi connectivity index (χ4n) is 1.85. The maximum Gasteiger partial charge on any atom is 0.255 e. The lowest BCUT2D eigenvalue weighted by molar-refractivity contribution is -0.255. The number of aromatic carboxylic acids is 2. The Morgan fingerprint density at radius 2 is 1.46 bits per heavy atom. The van der Waals surface area contributed by atoms with Gasteiger partial charge in [-0.15, -0.1) is 0 Å². The van der Waals surface area contributed by atoms with E-state index in [1.165, 1.54) is 6.08 Å². The Morgan fingerprint density at radius 1 is 0.917 bits per heavy atom. The van der Waals surface area contributed by atoms with Gasteiger partial charge in [-0.2, -0.15) is 0 Å². The number of anilines is 1. The number of carbonyl (C=O) groups is 2. The quantitative estimate of drug-likeness (QED) is 0.774. The molecule has 0 radical (unpaired) electrons. The van der Waals surface area contributed by atoms with Crippen molar-refractivity contribution in [1.29, 1.82) is 0 Å². The molecule has 2 aromatic rings. The zero-order chi connectivity index (χ0) is 17.7. The van der Waals surface area contributed by atoms with E-state index in [1.54, 1.807) is 30.3 Å². The Bertz CT molecular complexity index is 871. The van der Waals surface area contributed by atoms with Crippen LogP contribution in [0.15, 0.2) is 53.9 Å². The summed E-state index contributed by atoms with van der Waals surface area (Å²) in [5.41, 5.74) is -0.557. The third-order valence-corrected chi connectivity index (χ3v) is 3.92. The number of carboxylic acid groups (broad SMARTS) is 2. The van der Waals surface area contributed by atoms with Crippen molar-refractivity contribution in [3.05, 3.63) is 70.6 Å². The lowest BCUT2D eigenvalue weighted by Gasteiger charge is -2.12. The van der Waals surface area contributed by atoms with Crippen LogP contribution in [0.25, 0.3) is 6.08 Å². The van der Waals surface area contributed by atoms with Gasteiger partial charge < -0.3 is 19.8 Å². The Balaban J connectivity index is 2.30. The van der Waals surface area contributed by atoms with Crippen LogP contribution in [0.1, 0.15) is 26.3 Å². The van der Waals surface area contributed by atoms with Crippen LogP contribution in [0.4, 0.5) is 5.69 Å². The first-order valence-corrected chi connectivity index (χ1v) is 8.15. The molecule has 0 aliphatic carbocycles. The van der Waals surface area contributed by atoms with E-state index in [-0.39, 0.29) is 5.69 Å². The second kappa shape index (κ2) is 6.97. The highest BCUT2D eigenvalue weighted by atomic mass is 32.2. The first-order chi connectivity index (χ1) is 11.3. The van der Waals surface area contributed by atoms with E-state index in [1.807, 2.05) is 0 Å². The molecule has 0 spiro atoms. The Labute approximate surface area is 137 Å². The summed E-state index contributed by atoms with van der Waals surface area (Å²) in [6.07, 6.45) is 1.34. The number of rotatable bonds is 6. The molecule has 0 amide bonds. The second-order valence-electron chi connectivity index (χ2n) is 4.73. The van der Waals surface area contributed by atoms with Crippen molar-refractivity contribution < 1.29 is 28.2 Å². The molecule has 0 aromatic heterocycles. The zero-order valence-electron chi connectivity index (χ0n) is 12.1. The van der Waals surface area contributed by atoms with Crippen molar-refractivity contribution in [3.8, 4) is 0 Å². The number of sulfonamides is 1. The van der Waals surface area contributed by atoms with Gasteiger partial charge in [-0.25, -0.2) is 8.42 Å². The molecule has 0 heterocycles. The number of carboxylic acids is 2. The maximum atomic E-state index is 12.0. The van der Waals surface area contributed by atoms with Crippen LogP contribution in [-0.2, 0) is 10.0 Å².